The van der Waals surface area contributed by atoms with Gasteiger partial charge in [0.05, 0.1) is 11.2 Å². The maximum atomic E-state index is 12.7. The van der Waals surface area contributed by atoms with Gasteiger partial charge in [-0.05, 0) is 26.0 Å². The lowest BCUT2D eigenvalue weighted by molar-refractivity contribution is -0.159. The van der Waals surface area contributed by atoms with E-state index in [4.69, 9.17) is 10.00 Å². The lowest BCUT2D eigenvalue weighted by atomic mass is 10.1. The summed E-state index contributed by atoms with van der Waals surface area (Å²) in [6.45, 7) is 8.08. The number of ether oxygens (including phenoxy) is 1. The van der Waals surface area contributed by atoms with Crippen molar-refractivity contribution >= 4 is 11.7 Å². The Morgan fingerprint density at radius 3 is 2.71 bits per heavy atom. The number of piperazine rings is 1. The molecule has 7 nitrogen and oxygen atoms in total. The monoisotopic (exact) mass is 329 g/mol. The second-order valence-electron chi connectivity index (χ2n) is 6.83. The first-order valence-corrected chi connectivity index (χ1v) is 8.27. The number of anilines is 1. The van der Waals surface area contributed by atoms with Crippen LogP contribution in [-0.2, 0) is 9.53 Å². The van der Waals surface area contributed by atoms with Gasteiger partial charge in [0.2, 0.25) is 0 Å². The Hall–Kier alpha value is -2.17. The first-order valence-electron chi connectivity index (χ1n) is 8.27. The van der Waals surface area contributed by atoms with Crippen molar-refractivity contribution in [3.05, 3.63) is 23.9 Å². The number of hydrogen-bond donors (Lipinski definition) is 1. The summed E-state index contributed by atoms with van der Waals surface area (Å²) in [6.07, 6.45) is 1.17. The fourth-order valence-corrected chi connectivity index (χ4v) is 3.11. The molecule has 1 amide bonds. The first kappa shape index (κ1) is 16.7. The van der Waals surface area contributed by atoms with Crippen LogP contribution in [0.4, 0.5) is 5.82 Å². The molecule has 1 atom stereocenters. The van der Waals surface area contributed by atoms with E-state index in [1.54, 1.807) is 12.3 Å². The highest BCUT2D eigenvalue weighted by Gasteiger charge is 2.35. The van der Waals surface area contributed by atoms with Crippen LogP contribution in [0, 0.1) is 11.3 Å². The van der Waals surface area contributed by atoms with E-state index in [2.05, 4.69) is 21.3 Å². The molecule has 128 valence electrons. The predicted molar refractivity (Wildman–Crippen MR) is 89.6 cm³/mol. The Morgan fingerprint density at radius 1 is 1.38 bits per heavy atom. The van der Waals surface area contributed by atoms with Gasteiger partial charge in [-0.3, -0.25) is 4.79 Å². The Balaban J connectivity index is 1.56. The summed E-state index contributed by atoms with van der Waals surface area (Å²) >= 11 is 0. The molecule has 2 aliphatic heterocycles. The van der Waals surface area contributed by atoms with Crippen LogP contribution in [-0.4, -0.2) is 66.8 Å². The van der Waals surface area contributed by atoms with Crippen LogP contribution < -0.4 is 10.2 Å². The van der Waals surface area contributed by atoms with E-state index in [1.165, 1.54) is 0 Å². The minimum Gasteiger partial charge on any atom is -0.360 e. The van der Waals surface area contributed by atoms with Crippen molar-refractivity contribution in [3.8, 4) is 6.07 Å². The molecule has 7 heteroatoms. The molecule has 24 heavy (non-hydrogen) atoms. The van der Waals surface area contributed by atoms with Gasteiger partial charge in [-0.2, -0.15) is 5.26 Å². The molecule has 1 N–H and O–H groups in total. The van der Waals surface area contributed by atoms with E-state index in [0.29, 0.717) is 25.2 Å². The van der Waals surface area contributed by atoms with Crippen molar-refractivity contribution in [1.29, 1.82) is 5.26 Å². The van der Waals surface area contributed by atoms with E-state index in [1.807, 2.05) is 24.8 Å². The molecule has 2 fully saturated rings. The molecule has 0 radical (unpaired) electrons. The summed E-state index contributed by atoms with van der Waals surface area (Å²) in [5.74, 6) is 0.903. The summed E-state index contributed by atoms with van der Waals surface area (Å²) in [4.78, 5) is 21.0. The van der Waals surface area contributed by atoms with E-state index in [9.17, 15) is 4.79 Å². The average molecular weight is 329 g/mol. The number of carbonyl (C=O) groups excluding carboxylic acids is 1. The summed E-state index contributed by atoms with van der Waals surface area (Å²) in [6, 6.07) is 5.69. The van der Waals surface area contributed by atoms with Gasteiger partial charge < -0.3 is 19.9 Å². The molecule has 0 saturated carbocycles. The summed E-state index contributed by atoms with van der Waals surface area (Å²) in [7, 11) is 0. The Bertz CT molecular complexity index is 629. The van der Waals surface area contributed by atoms with Gasteiger partial charge in [0.15, 0.2) is 0 Å². The third-order valence-electron chi connectivity index (χ3n) is 4.41. The smallest absolute Gasteiger partial charge is 0.253 e. The number of nitriles is 1. The number of nitrogens with zero attached hydrogens (tertiary/aromatic N) is 4. The molecule has 0 aliphatic carbocycles. The quantitative estimate of drug-likeness (QED) is 0.844. The molecule has 0 unspecified atom stereocenters. The molecule has 2 saturated heterocycles. The number of carbonyl (C=O) groups is 1. The lowest BCUT2D eigenvalue weighted by Crippen LogP contribution is -2.59. The fraction of sp³-hybridized carbons (Fsp3) is 0.588. The number of nitrogens with one attached hydrogen (secondary N) is 1. The summed E-state index contributed by atoms with van der Waals surface area (Å²) in [5, 5.41) is 12.1. The van der Waals surface area contributed by atoms with Crippen LogP contribution in [0.3, 0.4) is 0 Å². The zero-order valence-corrected chi connectivity index (χ0v) is 14.2. The normalized spacial score (nSPS) is 23.6. The van der Waals surface area contributed by atoms with Crippen molar-refractivity contribution in [2.45, 2.75) is 25.6 Å². The van der Waals surface area contributed by atoms with Gasteiger partial charge in [-0.1, -0.05) is 0 Å². The van der Waals surface area contributed by atoms with Crippen molar-refractivity contribution < 1.29 is 9.53 Å². The molecular formula is C17H23N5O2. The average Bonchev–Trinajstić information content (AvgIpc) is 2.60. The van der Waals surface area contributed by atoms with Gasteiger partial charge in [-0.25, -0.2) is 4.98 Å². The maximum absolute atomic E-state index is 12.7. The number of hydrogen-bond acceptors (Lipinski definition) is 6. The molecule has 3 heterocycles. The van der Waals surface area contributed by atoms with Gasteiger partial charge >= 0.3 is 0 Å². The highest BCUT2D eigenvalue weighted by molar-refractivity contribution is 5.81. The molecule has 0 bridgehead atoms. The number of morpholine rings is 1. The number of aromatic nitrogens is 1. The zero-order chi connectivity index (χ0) is 17.2. The van der Waals surface area contributed by atoms with Crippen LogP contribution in [0.1, 0.15) is 19.4 Å². The van der Waals surface area contributed by atoms with E-state index < -0.39 is 6.10 Å². The van der Waals surface area contributed by atoms with Gasteiger partial charge in [0.1, 0.15) is 18.0 Å². The molecule has 3 rings (SSSR count). The van der Waals surface area contributed by atoms with E-state index >= 15 is 0 Å². The van der Waals surface area contributed by atoms with Crippen molar-refractivity contribution in [3.63, 3.8) is 0 Å². The Labute approximate surface area is 142 Å². The van der Waals surface area contributed by atoms with Crippen molar-refractivity contribution in [2.24, 2.45) is 0 Å². The molecule has 0 spiro atoms. The summed E-state index contributed by atoms with van der Waals surface area (Å²) in [5.41, 5.74) is 0.240. The second-order valence-corrected chi connectivity index (χ2v) is 6.83. The third kappa shape index (κ3) is 3.66. The van der Waals surface area contributed by atoms with Gasteiger partial charge in [0.25, 0.3) is 5.91 Å². The highest BCUT2D eigenvalue weighted by Crippen LogP contribution is 2.19. The van der Waals surface area contributed by atoms with Crippen LogP contribution in [0.2, 0.25) is 0 Å². The van der Waals surface area contributed by atoms with Crippen LogP contribution in [0.15, 0.2) is 18.3 Å². The minimum absolute atomic E-state index is 0.0581. The predicted octanol–water partition coefficient (Wildman–Crippen LogP) is 0.369. The van der Waals surface area contributed by atoms with Crippen LogP contribution in [0.25, 0.3) is 0 Å². The van der Waals surface area contributed by atoms with Gasteiger partial charge in [-0.15, -0.1) is 0 Å². The van der Waals surface area contributed by atoms with Crippen LogP contribution >= 0.6 is 0 Å². The molecule has 2 aliphatic rings. The summed E-state index contributed by atoms with van der Waals surface area (Å²) < 4.78 is 5.92. The molecule has 1 aromatic rings. The van der Waals surface area contributed by atoms with E-state index in [-0.39, 0.29) is 11.5 Å². The lowest BCUT2D eigenvalue weighted by Gasteiger charge is -2.40. The Morgan fingerprint density at radius 2 is 2.12 bits per heavy atom. The maximum Gasteiger partial charge on any atom is 0.253 e. The minimum atomic E-state index is -0.409. The van der Waals surface area contributed by atoms with E-state index in [0.717, 1.165) is 25.5 Å². The standard InChI is InChI=1S/C17H23N5O2/c1-17(2)12-19-11-14(24-17)16(23)22-7-5-21(6-8-22)15-4-3-13(9-18)10-20-15/h3-4,10,14,19H,5-8,11-12H2,1-2H3/t14-/m0/s1. The Kier molecular flexibility index (Phi) is 4.69. The van der Waals surface area contributed by atoms with Crippen LogP contribution in [0.5, 0.6) is 0 Å². The molecule has 1 aromatic heterocycles. The fourth-order valence-electron chi connectivity index (χ4n) is 3.11. The number of amides is 1. The van der Waals surface area contributed by atoms with Gasteiger partial charge in [0, 0.05) is 45.5 Å². The number of rotatable bonds is 2. The third-order valence-corrected chi connectivity index (χ3v) is 4.41. The van der Waals surface area contributed by atoms with Crippen molar-refractivity contribution in [1.82, 2.24) is 15.2 Å². The number of pyridine rings is 1. The first-order chi connectivity index (χ1) is 11.5. The molecular weight excluding hydrogens is 306 g/mol. The zero-order valence-electron chi connectivity index (χ0n) is 14.2. The second kappa shape index (κ2) is 6.75. The largest absolute Gasteiger partial charge is 0.360 e. The molecule has 0 aromatic carbocycles. The highest BCUT2D eigenvalue weighted by atomic mass is 16.5. The SMILES string of the molecule is CC1(C)CNC[C@@H](C(=O)N2CCN(c3ccc(C#N)cn3)CC2)O1. The topological polar surface area (TPSA) is 81.5 Å². The van der Waals surface area contributed by atoms with Crippen molar-refractivity contribution in [2.75, 3.05) is 44.2 Å².